The van der Waals surface area contributed by atoms with E-state index in [1.165, 1.54) is 0 Å². The van der Waals surface area contributed by atoms with Crippen molar-refractivity contribution in [2.24, 2.45) is 0 Å². The van der Waals surface area contributed by atoms with Gasteiger partial charge >= 0.3 is 0 Å². The number of carbonyl (C=O) groups excluding carboxylic acids is 1. The Labute approximate surface area is 131 Å². The average Bonchev–Trinajstić information content (AvgIpc) is 3.05. The smallest absolute Gasteiger partial charge is 0.253 e. The molecule has 0 radical (unpaired) electrons. The maximum Gasteiger partial charge on any atom is 0.253 e. The van der Waals surface area contributed by atoms with Gasteiger partial charge in [-0.1, -0.05) is 5.21 Å². The van der Waals surface area contributed by atoms with Crippen molar-refractivity contribution in [1.82, 2.24) is 24.8 Å². The highest BCUT2D eigenvalue weighted by Crippen LogP contribution is 2.10. The van der Waals surface area contributed by atoms with Crippen LogP contribution < -0.4 is 0 Å². The molecule has 0 saturated carbocycles. The number of amides is 1. The van der Waals surface area contributed by atoms with Gasteiger partial charge in [0.2, 0.25) is 0 Å². The molecule has 1 aromatic carbocycles. The van der Waals surface area contributed by atoms with E-state index in [9.17, 15) is 4.79 Å². The van der Waals surface area contributed by atoms with Gasteiger partial charge in [0.15, 0.2) is 0 Å². The maximum absolute atomic E-state index is 12.4. The van der Waals surface area contributed by atoms with Gasteiger partial charge in [-0.05, 0) is 57.7 Å². The standard InChI is InChI=1S/C16H23N5O/c1-19(2)11-4-5-12-20(3)16(22)14-6-8-15(9-7-14)21-13-10-17-18-21/h6-10,13H,4-5,11-12H2,1-3H3. The number of unbranched alkanes of at least 4 members (excludes halogenated alkanes) is 1. The van der Waals surface area contributed by atoms with E-state index in [4.69, 9.17) is 0 Å². The summed E-state index contributed by atoms with van der Waals surface area (Å²) in [6.45, 7) is 1.83. The van der Waals surface area contributed by atoms with E-state index in [1.807, 2.05) is 31.3 Å². The number of carbonyl (C=O) groups is 1. The molecule has 22 heavy (non-hydrogen) atoms. The molecule has 0 aliphatic rings. The molecule has 118 valence electrons. The molecule has 1 amide bonds. The molecule has 0 N–H and O–H groups in total. The van der Waals surface area contributed by atoms with Gasteiger partial charge in [0.25, 0.3) is 5.91 Å². The van der Waals surface area contributed by atoms with E-state index in [1.54, 1.807) is 22.0 Å². The first-order chi connectivity index (χ1) is 10.6. The summed E-state index contributed by atoms with van der Waals surface area (Å²) in [5.41, 5.74) is 1.58. The minimum Gasteiger partial charge on any atom is -0.342 e. The van der Waals surface area contributed by atoms with Gasteiger partial charge in [0, 0.05) is 19.2 Å². The average molecular weight is 301 g/mol. The highest BCUT2D eigenvalue weighted by molar-refractivity contribution is 5.94. The van der Waals surface area contributed by atoms with Gasteiger partial charge in [-0.2, -0.15) is 0 Å². The second-order valence-electron chi connectivity index (χ2n) is 5.63. The van der Waals surface area contributed by atoms with Crippen LogP contribution >= 0.6 is 0 Å². The Kier molecular flexibility index (Phi) is 5.66. The third kappa shape index (κ3) is 4.39. The zero-order valence-corrected chi connectivity index (χ0v) is 13.4. The summed E-state index contributed by atoms with van der Waals surface area (Å²) in [5, 5.41) is 7.70. The normalized spacial score (nSPS) is 10.9. The Morgan fingerprint density at radius 2 is 1.77 bits per heavy atom. The first-order valence-corrected chi connectivity index (χ1v) is 7.45. The Balaban J connectivity index is 1.89. The van der Waals surface area contributed by atoms with Crippen LogP contribution in [0.3, 0.4) is 0 Å². The maximum atomic E-state index is 12.4. The summed E-state index contributed by atoms with van der Waals surface area (Å²) in [4.78, 5) is 16.3. The number of hydrogen-bond acceptors (Lipinski definition) is 4. The van der Waals surface area contributed by atoms with Crippen LogP contribution in [0.15, 0.2) is 36.7 Å². The van der Waals surface area contributed by atoms with E-state index in [0.29, 0.717) is 5.56 Å². The lowest BCUT2D eigenvalue weighted by Gasteiger charge is -2.18. The molecule has 0 fully saturated rings. The van der Waals surface area contributed by atoms with Crippen LogP contribution in [0.4, 0.5) is 0 Å². The molecule has 0 atom stereocenters. The van der Waals surface area contributed by atoms with Crippen LogP contribution in [0, 0.1) is 0 Å². The molecule has 6 nitrogen and oxygen atoms in total. The van der Waals surface area contributed by atoms with Crippen molar-refractivity contribution in [3.63, 3.8) is 0 Å². The zero-order chi connectivity index (χ0) is 15.9. The molecule has 0 bridgehead atoms. The summed E-state index contributed by atoms with van der Waals surface area (Å²) < 4.78 is 1.67. The van der Waals surface area contributed by atoms with Crippen LogP contribution in [0.25, 0.3) is 5.69 Å². The molecule has 0 aliphatic heterocycles. The number of nitrogens with zero attached hydrogens (tertiary/aromatic N) is 5. The Morgan fingerprint density at radius 1 is 1.09 bits per heavy atom. The van der Waals surface area contributed by atoms with Crippen LogP contribution in [-0.2, 0) is 0 Å². The van der Waals surface area contributed by atoms with Crippen LogP contribution in [0.5, 0.6) is 0 Å². The van der Waals surface area contributed by atoms with Gasteiger partial charge in [-0.3, -0.25) is 4.79 Å². The van der Waals surface area contributed by atoms with E-state index in [-0.39, 0.29) is 5.91 Å². The lowest BCUT2D eigenvalue weighted by Crippen LogP contribution is -2.28. The van der Waals surface area contributed by atoms with E-state index in [2.05, 4.69) is 29.3 Å². The number of rotatable bonds is 7. The van der Waals surface area contributed by atoms with E-state index >= 15 is 0 Å². The second-order valence-corrected chi connectivity index (χ2v) is 5.63. The molecule has 0 aliphatic carbocycles. The predicted octanol–water partition coefficient (Wildman–Crippen LogP) is 1.68. The Hall–Kier alpha value is -2.21. The fourth-order valence-corrected chi connectivity index (χ4v) is 2.20. The fourth-order valence-electron chi connectivity index (χ4n) is 2.20. The second kappa shape index (κ2) is 7.70. The quantitative estimate of drug-likeness (QED) is 0.730. The summed E-state index contributed by atoms with van der Waals surface area (Å²) in [5.74, 6) is 0.0509. The highest BCUT2D eigenvalue weighted by atomic mass is 16.2. The lowest BCUT2D eigenvalue weighted by atomic mass is 10.1. The predicted molar refractivity (Wildman–Crippen MR) is 86.1 cm³/mol. The topological polar surface area (TPSA) is 54.3 Å². The number of hydrogen-bond donors (Lipinski definition) is 0. The van der Waals surface area contributed by atoms with Crippen molar-refractivity contribution in [1.29, 1.82) is 0 Å². The third-order valence-corrected chi connectivity index (χ3v) is 3.50. The highest BCUT2D eigenvalue weighted by Gasteiger charge is 2.11. The molecule has 0 unspecified atom stereocenters. The molecule has 1 heterocycles. The summed E-state index contributed by atoms with van der Waals surface area (Å²) in [6.07, 6.45) is 5.50. The Morgan fingerprint density at radius 3 is 2.36 bits per heavy atom. The molecule has 2 aromatic rings. The summed E-state index contributed by atoms with van der Waals surface area (Å²) in [7, 11) is 5.97. The molecule has 0 spiro atoms. The lowest BCUT2D eigenvalue weighted by molar-refractivity contribution is 0.0792. The first kappa shape index (κ1) is 16.2. The molecule has 0 saturated heterocycles. The zero-order valence-electron chi connectivity index (χ0n) is 13.4. The van der Waals surface area contributed by atoms with Crippen LogP contribution in [0.2, 0.25) is 0 Å². The Bertz CT molecular complexity index is 577. The molecular formula is C16H23N5O. The van der Waals surface area contributed by atoms with Gasteiger partial charge in [-0.15, -0.1) is 5.10 Å². The number of aromatic nitrogens is 3. The van der Waals surface area contributed by atoms with Gasteiger partial charge < -0.3 is 9.80 Å². The summed E-state index contributed by atoms with van der Waals surface area (Å²) >= 11 is 0. The molecule has 1 aromatic heterocycles. The van der Waals surface area contributed by atoms with Crippen molar-refractivity contribution in [3.8, 4) is 5.69 Å². The van der Waals surface area contributed by atoms with Gasteiger partial charge in [0.1, 0.15) is 0 Å². The van der Waals surface area contributed by atoms with Crippen molar-refractivity contribution >= 4 is 5.91 Å². The van der Waals surface area contributed by atoms with E-state index in [0.717, 1.165) is 31.6 Å². The molecule has 2 rings (SSSR count). The van der Waals surface area contributed by atoms with Crippen molar-refractivity contribution in [2.45, 2.75) is 12.8 Å². The van der Waals surface area contributed by atoms with E-state index < -0.39 is 0 Å². The third-order valence-electron chi connectivity index (χ3n) is 3.50. The van der Waals surface area contributed by atoms with Crippen LogP contribution in [-0.4, -0.2) is 64.9 Å². The largest absolute Gasteiger partial charge is 0.342 e. The monoisotopic (exact) mass is 301 g/mol. The van der Waals surface area contributed by atoms with Crippen molar-refractivity contribution < 1.29 is 4.79 Å². The summed E-state index contributed by atoms with van der Waals surface area (Å²) in [6, 6.07) is 7.41. The minimum absolute atomic E-state index is 0.0509. The van der Waals surface area contributed by atoms with Gasteiger partial charge in [0.05, 0.1) is 18.1 Å². The van der Waals surface area contributed by atoms with Crippen LogP contribution in [0.1, 0.15) is 23.2 Å². The SMILES string of the molecule is CN(C)CCCCN(C)C(=O)c1ccc(-n2ccnn2)cc1. The number of benzene rings is 1. The minimum atomic E-state index is 0.0509. The van der Waals surface area contributed by atoms with Gasteiger partial charge in [-0.25, -0.2) is 4.68 Å². The van der Waals surface area contributed by atoms with Crippen molar-refractivity contribution in [3.05, 3.63) is 42.2 Å². The molecule has 6 heteroatoms. The van der Waals surface area contributed by atoms with Crippen molar-refractivity contribution in [2.75, 3.05) is 34.2 Å². The molecular weight excluding hydrogens is 278 g/mol. The first-order valence-electron chi connectivity index (χ1n) is 7.45. The fraction of sp³-hybridized carbons (Fsp3) is 0.438.